The maximum Gasteiger partial charge on any atom is 0.267 e. The molecule has 182 valence electrons. The maximum atomic E-state index is 13.4. The number of fused-ring (bicyclic) bond motifs is 2. The van der Waals surface area contributed by atoms with Crippen LogP contribution < -0.4 is 16.4 Å². The average Bonchev–Trinajstić information content (AvgIpc) is 2.87. The van der Waals surface area contributed by atoms with Gasteiger partial charge in [-0.25, -0.2) is 4.98 Å². The van der Waals surface area contributed by atoms with Gasteiger partial charge < -0.3 is 9.88 Å². The summed E-state index contributed by atoms with van der Waals surface area (Å²) in [5.74, 6) is -0.324. The minimum atomic E-state index is -0.324. The van der Waals surface area contributed by atoms with Gasteiger partial charge in [0.05, 0.1) is 10.9 Å². The number of amides is 1. The zero-order valence-electron chi connectivity index (χ0n) is 20.5. The molecule has 0 fully saturated rings. The lowest BCUT2D eigenvalue weighted by molar-refractivity contribution is 0.0950. The van der Waals surface area contributed by atoms with Crippen LogP contribution in [0.15, 0.2) is 59.5 Å². The second-order valence-electron chi connectivity index (χ2n) is 9.00. The Kier molecular flexibility index (Phi) is 7.75. The van der Waals surface area contributed by atoms with Gasteiger partial charge in [0.2, 0.25) is 0 Å². The summed E-state index contributed by atoms with van der Waals surface area (Å²) in [4.78, 5) is 31.3. The molecule has 0 bridgehead atoms. The third-order valence-electron chi connectivity index (χ3n) is 6.41. The van der Waals surface area contributed by atoms with Crippen LogP contribution in [-0.4, -0.2) is 26.4 Å². The summed E-state index contributed by atoms with van der Waals surface area (Å²) in [6, 6.07) is 15.2. The highest BCUT2D eigenvalue weighted by Crippen LogP contribution is 2.14. The first-order valence-corrected chi connectivity index (χ1v) is 12.4. The number of aryl methyl sites for hydroxylation is 3. The number of pyridine rings is 2. The zero-order chi connectivity index (χ0) is 24.8. The van der Waals surface area contributed by atoms with E-state index in [0.717, 1.165) is 30.4 Å². The number of aromatic nitrogens is 3. The normalized spacial score (nSPS) is 11.3. The summed E-state index contributed by atoms with van der Waals surface area (Å²) in [6.07, 6.45) is 7.83. The van der Waals surface area contributed by atoms with Crippen molar-refractivity contribution in [3.63, 3.8) is 0 Å². The minimum absolute atomic E-state index is 0.0711. The number of nitrogens with one attached hydrogen (secondary N) is 2. The van der Waals surface area contributed by atoms with E-state index in [-0.39, 0.29) is 22.5 Å². The lowest BCUT2D eigenvalue weighted by atomic mass is 10.1. The standard InChI is InChI=1S/C28H33N5O2/c1-3-4-5-6-10-16-30-27(34)22-19-23-26(31-25-20(2)12-11-17-33(25)28(23)35)32(24(22)29)18-15-21-13-8-7-9-14-21/h7-9,11-14,17,19,29H,3-6,10,15-16,18H2,1-2H3,(H,30,34). The predicted molar refractivity (Wildman–Crippen MR) is 139 cm³/mol. The molecule has 0 aliphatic heterocycles. The van der Waals surface area contributed by atoms with Gasteiger partial charge in [-0.05, 0) is 43.0 Å². The monoisotopic (exact) mass is 471 g/mol. The molecule has 0 atom stereocenters. The van der Waals surface area contributed by atoms with E-state index >= 15 is 0 Å². The van der Waals surface area contributed by atoms with Crippen LogP contribution in [0.4, 0.5) is 0 Å². The van der Waals surface area contributed by atoms with Crippen LogP contribution in [0, 0.1) is 12.3 Å². The van der Waals surface area contributed by atoms with Crippen molar-refractivity contribution in [2.75, 3.05) is 6.54 Å². The van der Waals surface area contributed by atoms with E-state index in [9.17, 15) is 9.59 Å². The molecule has 4 rings (SSSR count). The molecule has 4 aromatic rings. The molecule has 0 aliphatic rings. The van der Waals surface area contributed by atoms with E-state index < -0.39 is 0 Å². The minimum Gasteiger partial charge on any atom is -0.352 e. The molecule has 1 amide bonds. The SMILES string of the molecule is CCCCCCCNC(=O)c1cc2c(=O)n3cccc(C)c3nc2n(CCc2ccccc2)c1=N. The zero-order valence-corrected chi connectivity index (χ0v) is 20.5. The molecule has 7 heteroatoms. The second kappa shape index (κ2) is 11.1. The Morgan fingerprint density at radius 2 is 1.80 bits per heavy atom. The summed E-state index contributed by atoms with van der Waals surface area (Å²) in [7, 11) is 0. The molecule has 0 spiro atoms. The van der Waals surface area contributed by atoms with Crippen LogP contribution in [0.5, 0.6) is 0 Å². The van der Waals surface area contributed by atoms with Gasteiger partial charge in [-0.2, -0.15) is 0 Å². The Morgan fingerprint density at radius 3 is 2.57 bits per heavy atom. The fraction of sp³-hybridized carbons (Fsp3) is 0.357. The first-order valence-electron chi connectivity index (χ1n) is 12.4. The van der Waals surface area contributed by atoms with Gasteiger partial charge in [-0.15, -0.1) is 0 Å². The molecule has 0 saturated heterocycles. The molecule has 0 radical (unpaired) electrons. The smallest absolute Gasteiger partial charge is 0.267 e. The Labute approximate surface area is 205 Å². The molecular weight excluding hydrogens is 438 g/mol. The van der Waals surface area contributed by atoms with Gasteiger partial charge in [0, 0.05) is 19.3 Å². The van der Waals surface area contributed by atoms with Crippen LogP contribution in [0.1, 0.15) is 60.5 Å². The van der Waals surface area contributed by atoms with Crippen molar-refractivity contribution >= 4 is 22.6 Å². The molecular formula is C28H33N5O2. The van der Waals surface area contributed by atoms with Gasteiger partial charge >= 0.3 is 0 Å². The Morgan fingerprint density at radius 1 is 1.03 bits per heavy atom. The van der Waals surface area contributed by atoms with Crippen molar-refractivity contribution in [1.29, 1.82) is 5.41 Å². The number of benzene rings is 1. The highest BCUT2D eigenvalue weighted by atomic mass is 16.1. The Bertz CT molecular complexity index is 1450. The van der Waals surface area contributed by atoms with Crippen molar-refractivity contribution in [1.82, 2.24) is 19.3 Å². The van der Waals surface area contributed by atoms with Crippen LogP contribution >= 0.6 is 0 Å². The van der Waals surface area contributed by atoms with E-state index in [4.69, 9.17) is 10.4 Å². The largest absolute Gasteiger partial charge is 0.352 e. The lowest BCUT2D eigenvalue weighted by Crippen LogP contribution is -2.35. The van der Waals surface area contributed by atoms with E-state index in [1.165, 1.54) is 23.3 Å². The molecule has 0 unspecified atom stereocenters. The Hall–Kier alpha value is -3.74. The van der Waals surface area contributed by atoms with Crippen LogP contribution in [0.25, 0.3) is 16.7 Å². The van der Waals surface area contributed by atoms with Gasteiger partial charge in [-0.3, -0.25) is 19.4 Å². The fourth-order valence-corrected chi connectivity index (χ4v) is 4.40. The van der Waals surface area contributed by atoms with Crippen molar-refractivity contribution in [2.24, 2.45) is 0 Å². The number of carbonyl (C=O) groups is 1. The lowest BCUT2D eigenvalue weighted by Gasteiger charge is -2.15. The molecule has 1 aromatic carbocycles. The highest BCUT2D eigenvalue weighted by molar-refractivity contribution is 5.96. The molecule has 3 heterocycles. The summed E-state index contributed by atoms with van der Waals surface area (Å²) < 4.78 is 3.21. The van der Waals surface area contributed by atoms with Crippen molar-refractivity contribution in [3.05, 3.63) is 87.3 Å². The van der Waals surface area contributed by atoms with Gasteiger partial charge in [-0.1, -0.05) is 69.0 Å². The predicted octanol–water partition coefficient (Wildman–Crippen LogP) is 4.38. The third kappa shape index (κ3) is 5.34. The van der Waals surface area contributed by atoms with E-state index in [2.05, 4.69) is 12.2 Å². The van der Waals surface area contributed by atoms with Crippen LogP contribution in [0.2, 0.25) is 0 Å². The number of rotatable bonds is 10. The van der Waals surface area contributed by atoms with Gasteiger partial charge in [0.15, 0.2) is 0 Å². The quantitative estimate of drug-likeness (QED) is 0.266. The molecule has 3 aromatic heterocycles. The van der Waals surface area contributed by atoms with Gasteiger partial charge in [0.1, 0.15) is 16.8 Å². The first kappa shape index (κ1) is 24.4. The Balaban J connectivity index is 1.75. The van der Waals surface area contributed by atoms with E-state index in [1.54, 1.807) is 10.8 Å². The fourth-order valence-electron chi connectivity index (χ4n) is 4.40. The van der Waals surface area contributed by atoms with E-state index in [0.29, 0.717) is 36.2 Å². The summed E-state index contributed by atoms with van der Waals surface area (Å²) in [6.45, 7) is 5.07. The van der Waals surface area contributed by atoms with Crippen molar-refractivity contribution in [3.8, 4) is 0 Å². The van der Waals surface area contributed by atoms with Crippen molar-refractivity contribution in [2.45, 2.75) is 58.9 Å². The number of hydrogen-bond donors (Lipinski definition) is 2. The summed E-state index contributed by atoms with van der Waals surface area (Å²) in [5, 5.41) is 12.2. The molecule has 35 heavy (non-hydrogen) atoms. The number of carbonyl (C=O) groups excluding carboxylic acids is 1. The molecule has 0 aliphatic carbocycles. The summed E-state index contributed by atoms with van der Waals surface area (Å²) in [5.41, 5.74) is 3.01. The van der Waals surface area contributed by atoms with E-state index in [1.807, 2.05) is 49.4 Å². The van der Waals surface area contributed by atoms with Crippen LogP contribution in [0.3, 0.4) is 0 Å². The molecule has 2 N–H and O–H groups in total. The number of unbranched alkanes of at least 4 members (excludes halogenated alkanes) is 4. The number of nitrogens with zero attached hydrogens (tertiary/aromatic N) is 3. The molecule has 7 nitrogen and oxygen atoms in total. The average molecular weight is 472 g/mol. The van der Waals surface area contributed by atoms with Crippen LogP contribution in [-0.2, 0) is 13.0 Å². The van der Waals surface area contributed by atoms with Gasteiger partial charge in [0.25, 0.3) is 11.5 Å². The first-order chi connectivity index (χ1) is 17.0. The number of hydrogen-bond acceptors (Lipinski definition) is 4. The third-order valence-corrected chi connectivity index (χ3v) is 6.41. The summed E-state index contributed by atoms with van der Waals surface area (Å²) >= 11 is 0. The highest BCUT2D eigenvalue weighted by Gasteiger charge is 2.18. The topological polar surface area (TPSA) is 92.2 Å². The van der Waals surface area contributed by atoms with Crippen molar-refractivity contribution < 1.29 is 4.79 Å². The second-order valence-corrected chi connectivity index (χ2v) is 9.00. The maximum absolute atomic E-state index is 13.4. The molecule has 0 saturated carbocycles.